The van der Waals surface area contributed by atoms with Crippen molar-refractivity contribution in [1.29, 1.82) is 0 Å². The van der Waals surface area contributed by atoms with Gasteiger partial charge in [0, 0.05) is 11.8 Å². The van der Waals surface area contributed by atoms with E-state index in [1.54, 1.807) is 30.0 Å². The van der Waals surface area contributed by atoms with Crippen molar-refractivity contribution in [3.8, 4) is 5.75 Å². The summed E-state index contributed by atoms with van der Waals surface area (Å²) >= 11 is 1.80. The molecule has 2 nitrogen and oxygen atoms in total. The van der Waals surface area contributed by atoms with Gasteiger partial charge in [-0.15, -0.1) is 0 Å². The summed E-state index contributed by atoms with van der Waals surface area (Å²) in [4.78, 5) is 0. The largest absolute Gasteiger partial charge is 0.494 e. The van der Waals surface area contributed by atoms with Gasteiger partial charge in [0.2, 0.25) is 0 Å². The van der Waals surface area contributed by atoms with Gasteiger partial charge >= 0.3 is 0 Å². The first-order chi connectivity index (χ1) is 8.04. The molecule has 0 saturated heterocycles. The number of methoxy groups -OCH3 is 1. The van der Waals surface area contributed by atoms with Gasteiger partial charge < -0.3 is 10.5 Å². The van der Waals surface area contributed by atoms with Crippen molar-refractivity contribution >= 4 is 11.8 Å². The maximum atomic E-state index is 13.8. The molecule has 17 heavy (non-hydrogen) atoms. The van der Waals surface area contributed by atoms with Crippen LogP contribution in [-0.2, 0) is 6.42 Å². The minimum atomic E-state index is -0.292. The summed E-state index contributed by atoms with van der Waals surface area (Å²) in [6.07, 6.45) is 0.544. The third-order valence-corrected chi connectivity index (χ3v) is 3.68. The van der Waals surface area contributed by atoms with Crippen molar-refractivity contribution in [1.82, 2.24) is 0 Å². The Kier molecular flexibility index (Phi) is 5.78. The molecule has 2 N–H and O–H groups in total. The molecule has 0 saturated carbocycles. The Morgan fingerprint density at radius 2 is 2.12 bits per heavy atom. The summed E-state index contributed by atoms with van der Waals surface area (Å²) in [6, 6.07) is 5.15. The van der Waals surface area contributed by atoms with Crippen LogP contribution in [0.5, 0.6) is 5.75 Å². The van der Waals surface area contributed by atoms with Gasteiger partial charge in [-0.2, -0.15) is 11.8 Å². The van der Waals surface area contributed by atoms with E-state index >= 15 is 0 Å². The highest BCUT2D eigenvalue weighted by atomic mass is 32.2. The number of rotatable bonds is 6. The van der Waals surface area contributed by atoms with E-state index in [-0.39, 0.29) is 17.6 Å². The van der Waals surface area contributed by atoms with Gasteiger partial charge in [-0.05, 0) is 23.3 Å². The van der Waals surface area contributed by atoms with Gasteiger partial charge in [-0.25, -0.2) is 4.39 Å². The summed E-state index contributed by atoms with van der Waals surface area (Å²) < 4.78 is 18.8. The molecule has 1 rings (SSSR count). The normalized spacial score (nSPS) is 12.8. The van der Waals surface area contributed by atoms with E-state index in [4.69, 9.17) is 10.5 Å². The second-order valence-electron chi connectivity index (χ2n) is 4.28. The molecule has 0 amide bonds. The first kappa shape index (κ1) is 14.3. The van der Waals surface area contributed by atoms with Crippen LogP contribution in [0.1, 0.15) is 19.4 Å². The van der Waals surface area contributed by atoms with E-state index in [1.165, 1.54) is 7.11 Å². The van der Waals surface area contributed by atoms with E-state index in [1.807, 2.05) is 0 Å². The van der Waals surface area contributed by atoms with Crippen LogP contribution in [0.3, 0.4) is 0 Å². The van der Waals surface area contributed by atoms with Crippen molar-refractivity contribution < 1.29 is 9.13 Å². The Balaban J connectivity index is 2.62. The molecule has 96 valence electrons. The van der Waals surface area contributed by atoms with Gasteiger partial charge in [0.15, 0.2) is 11.6 Å². The van der Waals surface area contributed by atoms with Crippen molar-refractivity contribution in [3.05, 3.63) is 29.6 Å². The van der Waals surface area contributed by atoms with Gasteiger partial charge in [0.05, 0.1) is 7.11 Å². The number of thioether (sulfide) groups is 1. The molecule has 1 atom stereocenters. The number of nitrogens with two attached hydrogens (primary N) is 1. The molecule has 0 spiro atoms. The Morgan fingerprint density at radius 1 is 1.41 bits per heavy atom. The van der Waals surface area contributed by atoms with Crippen LogP contribution in [0.2, 0.25) is 0 Å². The predicted molar refractivity (Wildman–Crippen MR) is 72.2 cm³/mol. The zero-order valence-corrected chi connectivity index (χ0v) is 11.4. The first-order valence-electron chi connectivity index (χ1n) is 5.73. The maximum absolute atomic E-state index is 13.8. The number of ether oxygens (including phenoxy) is 1. The molecule has 0 aromatic heterocycles. The fourth-order valence-electron chi connectivity index (χ4n) is 1.53. The molecule has 0 fully saturated rings. The second kappa shape index (κ2) is 6.87. The fraction of sp³-hybridized carbons (Fsp3) is 0.538. The van der Waals surface area contributed by atoms with Crippen LogP contribution in [0.4, 0.5) is 4.39 Å². The minimum Gasteiger partial charge on any atom is -0.494 e. The summed E-state index contributed by atoms with van der Waals surface area (Å²) in [6.45, 7) is 4.26. The smallest absolute Gasteiger partial charge is 0.168 e. The SMILES string of the molecule is COc1cccc(CC(N)CSC(C)C)c1F. The van der Waals surface area contributed by atoms with Gasteiger partial charge in [-0.3, -0.25) is 0 Å². The van der Waals surface area contributed by atoms with Crippen LogP contribution in [-0.4, -0.2) is 24.2 Å². The highest BCUT2D eigenvalue weighted by molar-refractivity contribution is 7.99. The lowest BCUT2D eigenvalue weighted by molar-refractivity contribution is 0.383. The number of benzene rings is 1. The topological polar surface area (TPSA) is 35.2 Å². The maximum Gasteiger partial charge on any atom is 0.168 e. The predicted octanol–water partition coefficient (Wildman–Crippen LogP) is 2.85. The third kappa shape index (κ3) is 4.56. The van der Waals surface area contributed by atoms with Gasteiger partial charge in [0.25, 0.3) is 0 Å². The fourth-order valence-corrected chi connectivity index (χ4v) is 2.28. The second-order valence-corrected chi connectivity index (χ2v) is 5.89. The van der Waals surface area contributed by atoms with Crippen molar-refractivity contribution in [2.75, 3.05) is 12.9 Å². The van der Waals surface area contributed by atoms with E-state index in [0.717, 1.165) is 5.75 Å². The van der Waals surface area contributed by atoms with E-state index in [0.29, 0.717) is 17.2 Å². The number of hydrogen-bond donors (Lipinski definition) is 1. The summed E-state index contributed by atoms with van der Waals surface area (Å²) in [7, 11) is 1.47. The van der Waals surface area contributed by atoms with Crippen molar-refractivity contribution in [2.45, 2.75) is 31.6 Å². The molecular formula is C13H20FNOS. The summed E-state index contributed by atoms with van der Waals surface area (Å²) in [5.74, 6) is 0.833. The van der Waals surface area contributed by atoms with Crippen molar-refractivity contribution in [3.63, 3.8) is 0 Å². The molecule has 4 heteroatoms. The zero-order valence-electron chi connectivity index (χ0n) is 10.6. The van der Waals surface area contributed by atoms with E-state index in [9.17, 15) is 4.39 Å². The molecule has 1 unspecified atom stereocenters. The van der Waals surface area contributed by atoms with Crippen LogP contribution >= 0.6 is 11.8 Å². The van der Waals surface area contributed by atoms with Gasteiger partial charge in [-0.1, -0.05) is 26.0 Å². The minimum absolute atomic E-state index is 0.0241. The monoisotopic (exact) mass is 257 g/mol. The van der Waals surface area contributed by atoms with Crippen LogP contribution in [0.15, 0.2) is 18.2 Å². The highest BCUT2D eigenvalue weighted by Gasteiger charge is 2.12. The lowest BCUT2D eigenvalue weighted by Crippen LogP contribution is -2.26. The molecule has 0 bridgehead atoms. The Morgan fingerprint density at radius 3 is 2.71 bits per heavy atom. The molecule has 0 heterocycles. The zero-order chi connectivity index (χ0) is 12.8. The number of hydrogen-bond acceptors (Lipinski definition) is 3. The quantitative estimate of drug-likeness (QED) is 0.851. The molecule has 0 aliphatic carbocycles. The molecule has 0 aliphatic rings. The molecule has 1 aromatic rings. The first-order valence-corrected chi connectivity index (χ1v) is 6.78. The van der Waals surface area contributed by atoms with Crippen LogP contribution in [0.25, 0.3) is 0 Å². The average molecular weight is 257 g/mol. The number of halogens is 1. The third-order valence-electron chi connectivity index (χ3n) is 2.39. The molecular weight excluding hydrogens is 237 g/mol. The molecule has 0 radical (unpaired) electrons. The highest BCUT2D eigenvalue weighted by Crippen LogP contribution is 2.21. The van der Waals surface area contributed by atoms with Crippen LogP contribution in [0, 0.1) is 5.82 Å². The standard InChI is InChI=1S/C13H20FNOS/c1-9(2)17-8-11(15)7-10-5-4-6-12(16-3)13(10)14/h4-6,9,11H,7-8,15H2,1-3H3. The van der Waals surface area contributed by atoms with Crippen molar-refractivity contribution in [2.24, 2.45) is 5.73 Å². The Labute approximate surface area is 107 Å². The summed E-state index contributed by atoms with van der Waals surface area (Å²) in [5, 5.41) is 0.552. The van der Waals surface area contributed by atoms with E-state index in [2.05, 4.69) is 13.8 Å². The lowest BCUT2D eigenvalue weighted by Gasteiger charge is -2.14. The average Bonchev–Trinajstić information content (AvgIpc) is 2.29. The molecule has 1 aromatic carbocycles. The lowest BCUT2D eigenvalue weighted by atomic mass is 10.1. The Bertz CT molecular complexity index is 357. The molecule has 0 aliphatic heterocycles. The van der Waals surface area contributed by atoms with Gasteiger partial charge in [0.1, 0.15) is 0 Å². The van der Waals surface area contributed by atoms with E-state index < -0.39 is 0 Å². The summed E-state index contributed by atoms with van der Waals surface area (Å²) in [5.41, 5.74) is 6.61. The Hall–Kier alpha value is -0.740. The van der Waals surface area contributed by atoms with Crippen LogP contribution < -0.4 is 10.5 Å².